The van der Waals surface area contributed by atoms with Gasteiger partial charge in [-0.05, 0) is 6.42 Å². The van der Waals surface area contributed by atoms with Gasteiger partial charge in [0.15, 0.2) is 0 Å². The van der Waals surface area contributed by atoms with Crippen molar-refractivity contribution in [1.82, 2.24) is 0 Å². The van der Waals surface area contributed by atoms with Crippen LogP contribution in [0.3, 0.4) is 0 Å². The van der Waals surface area contributed by atoms with Gasteiger partial charge in [0, 0.05) is 17.3 Å². The highest BCUT2D eigenvalue weighted by Gasteiger charge is 2.34. The summed E-state index contributed by atoms with van der Waals surface area (Å²) in [5, 5.41) is 0. The van der Waals surface area contributed by atoms with E-state index in [0.717, 1.165) is 0 Å². The lowest BCUT2D eigenvalue weighted by atomic mass is 9.88. The molecule has 0 aromatic carbocycles. The summed E-state index contributed by atoms with van der Waals surface area (Å²) in [5.41, 5.74) is -1.00. The molecule has 0 aromatic heterocycles. The number of methoxy groups -OCH3 is 3. The first-order valence-electron chi connectivity index (χ1n) is 13.3. The topological polar surface area (TPSA) is 158 Å². The van der Waals surface area contributed by atoms with Crippen molar-refractivity contribution in [1.29, 1.82) is 0 Å². The Balaban J connectivity index is 5.10. The van der Waals surface area contributed by atoms with Gasteiger partial charge < -0.3 is 28.4 Å². The van der Waals surface area contributed by atoms with E-state index >= 15 is 0 Å². The van der Waals surface area contributed by atoms with Crippen LogP contribution in [0.4, 0.5) is 0 Å². The van der Waals surface area contributed by atoms with Crippen LogP contribution in [-0.2, 0) is 57.2 Å². The van der Waals surface area contributed by atoms with Crippen molar-refractivity contribution < 1.29 is 57.2 Å². The van der Waals surface area contributed by atoms with Crippen LogP contribution in [0, 0.1) is 23.2 Å². The largest absolute Gasteiger partial charge is 0.469 e. The third-order valence-corrected chi connectivity index (χ3v) is 9.47. The number of thioether (sulfide) groups is 3. The number of hydrogen-bond acceptors (Lipinski definition) is 15. The lowest BCUT2D eigenvalue weighted by molar-refractivity contribution is -0.159. The molecule has 3 unspecified atom stereocenters. The Labute approximate surface area is 260 Å². The molecule has 3 atom stereocenters. The first-order valence-corrected chi connectivity index (χ1v) is 16.7. The zero-order chi connectivity index (χ0) is 32.1. The molecule has 242 valence electrons. The summed E-state index contributed by atoms with van der Waals surface area (Å²) < 4.78 is 30.4. The van der Waals surface area contributed by atoms with Crippen molar-refractivity contribution in [3.05, 3.63) is 0 Å². The van der Waals surface area contributed by atoms with Gasteiger partial charge in [0.2, 0.25) is 0 Å². The quantitative estimate of drug-likeness (QED) is 0.124. The summed E-state index contributed by atoms with van der Waals surface area (Å²) in [4.78, 5) is 71.9. The van der Waals surface area contributed by atoms with E-state index in [0.29, 0.717) is 23.7 Å². The zero-order valence-electron chi connectivity index (χ0n) is 25.4. The van der Waals surface area contributed by atoms with Crippen molar-refractivity contribution in [2.75, 3.05) is 75.7 Å². The third kappa shape index (κ3) is 17.1. The SMILES string of the molecule is CCC(COC(=O)CSCC(C)C(=O)OC)(COC(=O)CSCC(C)C(=O)OC)COC(=O)CSCC(C)C(=O)OC. The van der Waals surface area contributed by atoms with Gasteiger partial charge in [-0.15, -0.1) is 35.3 Å². The molecule has 0 saturated heterocycles. The molecule has 0 aliphatic heterocycles. The molecule has 0 heterocycles. The molecule has 0 radical (unpaired) electrons. The Morgan fingerprint density at radius 1 is 0.548 bits per heavy atom. The number of esters is 6. The van der Waals surface area contributed by atoms with Crippen molar-refractivity contribution in [3.8, 4) is 0 Å². The van der Waals surface area contributed by atoms with Gasteiger partial charge in [-0.1, -0.05) is 27.7 Å². The summed E-state index contributed by atoms with van der Waals surface area (Å²) >= 11 is 3.66. The first kappa shape index (κ1) is 39.9. The highest BCUT2D eigenvalue weighted by Crippen LogP contribution is 2.25. The van der Waals surface area contributed by atoms with E-state index in [2.05, 4.69) is 14.2 Å². The molecule has 0 aliphatic rings. The molecule has 0 aromatic rings. The fraction of sp³-hybridized carbons (Fsp3) is 0.778. The van der Waals surface area contributed by atoms with E-state index < -0.39 is 23.3 Å². The van der Waals surface area contributed by atoms with Gasteiger partial charge in [-0.2, -0.15) is 0 Å². The Morgan fingerprint density at radius 3 is 1.02 bits per heavy atom. The van der Waals surface area contributed by atoms with E-state index in [1.165, 1.54) is 56.6 Å². The monoisotopic (exact) mass is 656 g/mol. The number of rotatable bonds is 22. The Kier molecular flexibility index (Phi) is 21.3. The molecule has 0 spiro atoms. The summed E-state index contributed by atoms with van der Waals surface area (Å²) in [5.74, 6) is -2.81. The normalized spacial score (nSPS) is 14.4. The highest BCUT2D eigenvalue weighted by atomic mass is 32.2. The van der Waals surface area contributed by atoms with Gasteiger partial charge in [0.1, 0.15) is 19.8 Å². The minimum atomic E-state index is -1.00. The van der Waals surface area contributed by atoms with Gasteiger partial charge >= 0.3 is 35.8 Å². The second-order valence-electron chi connectivity index (χ2n) is 9.65. The summed E-state index contributed by atoms with van der Waals surface area (Å²) in [6.07, 6.45) is 0.354. The van der Waals surface area contributed by atoms with Crippen LogP contribution < -0.4 is 0 Å². The zero-order valence-corrected chi connectivity index (χ0v) is 27.9. The molecule has 12 nitrogen and oxygen atoms in total. The molecule has 0 rings (SSSR count). The third-order valence-electron chi connectivity index (χ3n) is 5.94. The molecule has 0 N–H and O–H groups in total. The number of ether oxygens (including phenoxy) is 6. The van der Waals surface area contributed by atoms with Gasteiger partial charge in [-0.3, -0.25) is 28.8 Å². The summed E-state index contributed by atoms with van der Waals surface area (Å²) in [6, 6.07) is 0. The van der Waals surface area contributed by atoms with Crippen LogP contribution in [0.1, 0.15) is 34.1 Å². The number of carbonyl (C=O) groups excluding carboxylic acids is 6. The Morgan fingerprint density at radius 2 is 0.810 bits per heavy atom. The molecule has 0 saturated carbocycles. The van der Waals surface area contributed by atoms with Crippen molar-refractivity contribution >= 4 is 71.1 Å². The second-order valence-corrected chi connectivity index (χ2v) is 12.7. The van der Waals surface area contributed by atoms with Gasteiger partial charge in [-0.25, -0.2) is 0 Å². The van der Waals surface area contributed by atoms with E-state index in [-0.39, 0.29) is 72.7 Å². The standard InChI is InChI=1S/C27H44O12S3/c1-8-27(15-37-21(28)12-40-9-18(2)24(31)34-5,16-38-22(29)13-41-10-19(3)25(32)35-6)17-39-23(30)14-42-11-20(4)26(33)36-7/h18-20H,8-17H2,1-7H3. The Bertz CT molecular complexity index is 775. The maximum absolute atomic E-state index is 12.4. The fourth-order valence-electron chi connectivity index (χ4n) is 3.02. The molecule has 0 amide bonds. The van der Waals surface area contributed by atoms with Crippen LogP contribution in [0.15, 0.2) is 0 Å². The van der Waals surface area contributed by atoms with Crippen molar-refractivity contribution in [2.45, 2.75) is 34.1 Å². The van der Waals surface area contributed by atoms with E-state index in [4.69, 9.17) is 14.2 Å². The van der Waals surface area contributed by atoms with E-state index in [9.17, 15) is 28.8 Å². The average molecular weight is 657 g/mol. The maximum Gasteiger partial charge on any atom is 0.315 e. The molecule has 0 fully saturated rings. The lowest BCUT2D eigenvalue weighted by Gasteiger charge is -2.31. The molecule has 0 aliphatic carbocycles. The minimum Gasteiger partial charge on any atom is -0.469 e. The summed E-state index contributed by atoms with van der Waals surface area (Å²) in [6.45, 7) is 6.36. The number of hydrogen-bond donors (Lipinski definition) is 0. The predicted molar refractivity (Wildman–Crippen MR) is 161 cm³/mol. The van der Waals surface area contributed by atoms with Crippen LogP contribution in [-0.4, -0.2) is 111 Å². The number of carbonyl (C=O) groups is 6. The minimum absolute atomic E-state index is 0.00918. The molecule has 0 bridgehead atoms. The average Bonchev–Trinajstić information content (AvgIpc) is 2.99. The van der Waals surface area contributed by atoms with Crippen LogP contribution in [0.25, 0.3) is 0 Å². The molecular formula is C27H44O12S3. The molecule has 15 heteroatoms. The van der Waals surface area contributed by atoms with E-state index in [1.54, 1.807) is 27.7 Å². The van der Waals surface area contributed by atoms with Crippen LogP contribution in [0.2, 0.25) is 0 Å². The van der Waals surface area contributed by atoms with Crippen LogP contribution >= 0.6 is 35.3 Å². The van der Waals surface area contributed by atoms with Gasteiger partial charge in [0.05, 0.1) is 61.8 Å². The van der Waals surface area contributed by atoms with Crippen molar-refractivity contribution in [2.24, 2.45) is 23.2 Å². The smallest absolute Gasteiger partial charge is 0.315 e. The first-order chi connectivity index (χ1) is 19.8. The Hall–Kier alpha value is -2.13. The molecular weight excluding hydrogens is 612 g/mol. The second kappa shape index (κ2) is 22.4. The summed E-state index contributed by atoms with van der Waals surface area (Å²) in [7, 11) is 3.89. The maximum atomic E-state index is 12.4. The van der Waals surface area contributed by atoms with Gasteiger partial charge in [0.25, 0.3) is 0 Å². The lowest BCUT2D eigenvalue weighted by Crippen LogP contribution is -2.39. The van der Waals surface area contributed by atoms with E-state index in [1.807, 2.05) is 0 Å². The van der Waals surface area contributed by atoms with Crippen LogP contribution in [0.5, 0.6) is 0 Å². The van der Waals surface area contributed by atoms with Crippen molar-refractivity contribution in [3.63, 3.8) is 0 Å². The highest BCUT2D eigenvalue weighted by molar-refractivity contribution is 8.00. The predicted octanol–water partition coefficient (Wildman–Crippen LogP) is 2.64. The molecule has 42 heavy (non-hydrogen) atoms. The fourth-order valence-corrected chi connectivity index (χ4v) is 5.59.